The maximum atomic E-state index is 15.4. The number of hydrogen-bond acceptors (Lipinski definition) is 10. The number of aromatic nitrogens is 1. The highest BCUT2D eigenvalue weighted by Gasteiger charge is 2.66. The average Bonchev–Trinajstić information content (AvgIpc) is 3.85. The first kappa shape index (κ1) is 39.6. The molecule has 300 valence electrons. The van der Waals surface area contributed by atoms with Crippen molar-refractivity contribution in [2.45, 2.75) is 102 Å². The Morgan fingerprint density at radius 1 is 1.02 bits per heavy atom. The molecular weight excluding hydrogens is 758 g/mol. The second-order valence-corrected chi connectivity index (χ2v) is 22.6. The van der Waals surface area contributed by atoms with Gasteiger partial charge in [-0.25, -0.2) is 0 Å². The van der Waals surface area contributed by atoms with Gasteiger partial charge in [0, 0.05) is 22.6 Å². The van der Waals surface area contributed by atoms with Crippen LogP contribution >= 0.6 is 11.6 Å². The minimum absolute atomic E-state index is 0.0271. The van der Waals surface area contributed by atoms with E-state index < -0.39 is 49.1 Å². The predicted molar refractivity (Wildman–Crippen MR) is 220 cm³/mol. The lowest BCUT2D eigenvalue weighted by Gasteiger charge is -2.53. The van der Waals surface area contributed by atoms with Gasteiger partial charge in [0.2, 0.25) is 5.78 Å². The number of fused-ring (bicyclic) bond motifs is 4. The summed E-state index contributed by atoms with van der Waals surface area (Å²) in [5.74, 6) is -2.15. The highest BCUT2D eigenvalue weighted by atomic mass is 35.5. The number of aliphatic hydroxyl groups is 1. The molecule has 8 rings (SSSR count). The third-order valence-corrected chi connectivity index (χ3v) is 18.0. The number of allylic oxidation sites excluding steroid dienone is 1. The van der Waals surface area contributed by atoms with E-state index in [9.17, 15) is 5.11 Å². The van der Waals surface area contributed by atoms with Crippen molar-refractivity contribution in [3.05, 3.63) is 122 Å². The fourth-order valence-corrected chi connectivity index (χ4v) is 10.9. The first-order chi connectivity index (χ1) is 27.2. The SMILES string of the molecule is CCN1CCCC1c1cc(OCc2ccccc2)c2c(c1Cl)C[C@H]1C[C@H]3[C@H](N)c4onc(OCc5ccccc5)c4C(=O)[C@@]3(O[Si](C)(C)C(C)(C)C)C(O)=C1C2=O. The first-order valence-electron chi connectivity index (χ1n) is 20.1. The Balaban J connectivity index is 1.28. The number of rotatable bonds is 10. The molecule has 0 saturated carbocycles. The van der Waals surface area contributed by atoms with Crippen LogP contribution in [-0.4, -0.2) is 53.7 Å². The summed E-state index contributed by atoms with van der Waals surface area (Å²) in [5.41, 5.74) is 9.04. The Bertz CT molecular complexity index is 2230. The number of nitrogens with two attached hydrogens (primary N) is 1. The summed E-state index contributed by atoms with van der Waals surface area (Å²) in [6.45, 7) is 14.6. The molecule has 1 unspecified atom stereocenters. The van der Waals surface area contributed by atoms with E-state index in [2.05, 4.69) is 37.8 Å². The van der Waals surface area contributed by atoms with Crippen LogP contribution in [0.15, 0.2) is 82.6 Å². The topological polar surface area (TPSA) is 137 Å². The number of Topliss-reactive ketones (excluding diaryl/α,β-unsaturated/α-hetero) is 2. The number of ether oxygens (including phenoxy) is 2. The summed E-state index contributed by atoms with van der Waals surface area (Å²) in [6, 6.07) is 20.4. The maximum absolute atomic E-state index is 15.4. The van der Waals surface area contributed by atoms with Gasteiger partial charge in [0.25, 0.3) is 5.88 Å². The van der Waals surface area contributed by atoms with Crippen LogP contribution in [0.5, 0.6) is 11.6 Å². The van der Waals surface area contributed by atoms with Crippen molar-refractivity contribution in [1.82, 2.24) is 10.1 Å². The molecule has 0 amide bonds. The number of likely N-dealkylation sites (tertiary alicyclic amines) is 1. The molecule has 12 heteroatoms. The predicted octanol–water partition coefficient (Wildman–Crippen LogP) is 9.49. The smallest absolute Gasteiger partial charge is 0.265 e. The van der Waals surface area contributed by atoms with Gasteiger partial charge in [0.1, 0.15) is 30.3 Å². The molecule has 3 aromatic carbocycles. The Labute approximate surface area is 340 Å². The van der Waals surface area contributed by atoms with Crippen LogP contribution in [0.3, 0.4) is 0 Å². The van der Waals surface area contributed by atoms with E-state index in [1.165, 1.54) is 0 Å². The Hall–Kier alpha value is -4.26. The van der Waals surface area contributed by atoms with Gasteiger partial charge in [-0.15, -0.1) is 0 Å². The summed E-state index contributed by atoms with van der Waals surface area (Å²) in [6.07, 6.45) is 2.59. The molecule has 1 saturated heterocycles. The summed E-state index contributed by atoms with van der Waals surface area (Å²) in [7, 11) is -2.89. The fraction of sp³-hybridized carbons (Fsp3) is 0.444. The van der Waals surface area contributed by atoms with Gasteiger partial charge >= 0.3 is 0 Å². The van der Waals surface area contributed by atoms with Crippen LogP contribution in [0.4, 0.5) is 0 Å². The van der Waals surface area contributed by atoms with Crippen LogP contribution in [0.1, 0.15) is 108 Å². The standard InChI is InChI=1S/C45H52ClN3O7Si/c1-7-49-20-14-19-32(49)29-23-33(53-24-26-15-10-8-11-16-26)35-30(37(29)46)21-28-22-31-38(47)40-36(43(48-55-40)54-25-27-17-12-9-13-18-27)42(52)45(31,41(51)34(28)39(35)50)56-57(5,6)44(2,3)4/h8-13,15-18,23,28,31-32,38,51H,7,14,19-22,24-25,47H2,1-6H3/t28-,31-,32?,38-,45-/m0/s1. The van der Waals surface area contributed by atoms with E-state index in [1.54, 1.807) is 0 Å². The molecular formula is C45H52ClN3O7Si. The van der Waals surface area contributed by atoms with E-state index in [0.29, 0.717) is 28.3 Å². The maximum Gasteiger partial charge on any atom is 0.265 e. The number of carbonyl (C=O) groups is 2. The minimum atomic E-state index is -2.89. The third-order valence-electron chi connectivity index (χ3n) is 13.1. The van der Waals surface area contributed by atoms with Gasteiger partial charge in [-0.2, -0.15) is 0 Å². The number of carbonyl (C=O) groups excluding carboxylic acids is 2. The largest absolute Gasteiger partial charge is 0.508 e. The van der Waals surface area contributed by atoms with Crippen LogP contribution < -0.4 is 15.2 Å². The zero-order chi connectivity index (χ0) is 40.4. The van der Waals surface area contributed by atoms with Crippen LogP contribution in [-0.2, 0) is 24.1 Å². The highest BCUT2D eigenvalue weighted by Crippen LogP contribution is 2.59. The summed E-state index contributed by atoms with van der Waals surface area (Å²) >= 11 is 7.40. The molecule has 3 N–H and O–H groups in total. The summed E-state index contributed by atoms with van der Waals surface area (Å²) < 4.78 is 25.7. The molecule has 4 aliphatic rings. The molecule has 1 aliphatic heterocycles. The second-order valence-electron chi connectivity index (χ2n) is 17.5. The molecule has 1 aromatic heterocycles. The second kappa shape index (κ2) is 14.8. The lowest BCUT2D eigenvalue weighted by molar-refractivity contribution is -0.0273. The Morgan fingerprint density at radius 2 is 1.67 bits per heavy atom. The van der Waals surface area contributed by atoms with E-state index in [-0.39, 0.29) is 53.5 Å². The zero-order valence-electron chi connectivity index (χ0n) is 33.6. The zero-order valence-corrected chi connectivity index (χ0v) is 35.3. The molecule has 1 fully saturated rings. The fourth-order valence-electron chi connectivity index (χ4n) is 9.14. The van der Waals surface area contributed by atoms with E-state index in [0.717, 1.165) is 42.6 Å². The van der Waals surface area contributed by atoms with Crippen LogP contribution in [0.25, 0.3) is 0 Å². The van der Waals surface area contributed by atoms with Crippen molar-refractivity contribution < 1.29 is 33.1 Å². The highest BCUT2D eigenvalue weighted by molar-refractivity contribution is 6.74. The van der Waals surface area contributed by atoms with Crippen molar-refractivity contribution in [3.63, 3.8) is 0 Å². The van der Waals surface area contributed by atoms with Crippen molar-refractivity contribution in [1.29, 1.82) is 0 Å². The normalized spacial score (nSPS) is 24.8. The summed E-state index contributed by atoms with van der Waals surface area (Å²) in [4.78, 5) is 33.1. The molecule has 5 atom stereocenters. The van der Waals surface area contributed by atoms with Gasteiger partial charge in [-0.05, 0) is 96.3 Å². The van der Waals surface area contributed by atoms with E-state index in [1.807, 2.05) is 79.8 Å². The van der Waals surface area contributed by atoms with Gasteiger partial charge < -0.3 is 29.3 Å². The number of aliphatic hydroxyl groups excluding tert-OH is 1. The molecule has 4 aromatic rings. The molecule has 0 radical (unpaired) electrons. The van der Waals surface area contributed by atoms with Gasteiger partial charge in [-0.3, -0.25) is 14.5 Å². The number of ketones is 2. The van der Waals surface area contributed by atoms with Gasteiger partial charge in [-0.1, -0.05) is 100.0 Å². The third kappa shape index (κ3) is 6.55. The van der Waals surface area contributed by atoms with Crippen molar-refractivity contribution >= 4 is 31.5 Å². The minimum Gasteiger partial charge on any atom is -0.508 e. The number of benzene rings is 3. The number of nitrogens with zero attached hydrogens (tertiary/aromatic N) is 2. The molecule has 0 bridgehead atoms. The molecule has 57 heavy (non-hydrogen) atoms. The number of halogens is 1. The summed E-state index contributed by atoms with van der Waals surface area (Å²) in [5, 5.41) is 17.3. The van der Waals surface area contributed by atoms with Crippen molar-refractivity contribution in [2.24, 2.45) is 17.6 Å². The Morgan fingerprint density at radius 3 is 2.30 bits per heavy atom. The van der Waals surface area contributed by atoms with E-state index in [4.69, 9.17) is 35.8 Å². The molecule has 2 heterocycles. The van der Waals surface area contributed by atoms with Crippen LogP contribution in [0.2, 0.25) is 23.2 Å². The van der Waals surface area contributed by atoms with Gasteiger partial charge in [0.05, 0.1) is 11.6 Å². The van der Waals surface area contributed by atoms with Crippen molar-refractivity contribution in [3.8, 4) is 11.6 Å². The molecule has 0 spiro atoms. The quantitative estimate of drug-likeness (QED) is 0.149. The lowest BCUT2D eigenvalue weighted by Crippen LogP contribution is -2.64. The molecule has 10 nitrogen and oxygen atoms in total. The van der Waals surface area contributed by atoms with E-state index >= 15 is 9.59 Å². The van der Waals surface area contributed by atoms with Crippen molar-refractivity contribution in [2.75, 3.05) is 13.1 Å². The Kier molecular flexibility index (Phi) is 10.3. The lowest BCUT2D eigenvalue weighted by atomic mass is 9.59. The monoisotopic (exact) mass is 809 g/mol. The number of hydrogen-bond donors (Lipinski definition) is 2. The average molecular weight is 810 g/mol. The van der Waals surface area contributed by atoms with Gasteiger partial charge in [0.15, 0.2) is 25.5 Å². The van der Waals surface area contributed by atoms with Crippen LogP contribution in [0, 0.1) is 11.8 Å². The molecule has 3 aliphatic carbocycles. The first-order valence-corrected chi connectivity index (χ1v) is 23.4.